The van der Waals surface area contributed by atoms with Gasteiger partial charge in [0.05, 0.1) is 11.1 Å². The monoisotopic (exact) mass is 1090 g/mol. The molecule has 0 amide bonds. The smallest absolute Gasteiger partial charge is 0.333 e. The van der Waals surface area contributed by atoms with Crippen LogP contribution in [-0.4, -0.2) is 6.85 Å². The molecule has 11 aromatic rings. The van der Waals surface area contributed by atoms with Crippen LogP contribution in [0.1, 0.15) is 132 Å². The van der Waals surface area contributed by atoms with Gasteiger partial charge in [-0.15, -0.1) is 11.3 Å². The standard InChI is InChI=1S/C78H72BN3S/c1-49-43-63-64(77(10,11)42-41-76(63,8)9)47-67(49)82-68-48-71-59(57-27-18-21-32-70(57)83-71)46-58(68)60-44-56(80(54-37-33-50(34-38-54)74(2,3)4)55-39-35-51(36-40-55)75(5,6)7)45-69-72(60)79(82)65-30-22-29-62-73(65)81(69)66-31-20-19-28-61(66)78(62,52-23-14-12-15-24-52)53-25-16-13-17-26-53/h12-40,43-48H,41-42H2,1-11H3. The van der Waals surface area contributed by atoms with Gasteiger partial charge in [0.15, 0.2) is 0 Å². The minimum absolute atomic E-state index is 0.000689. The molecule has 4 aliphatic rings. The van der Waals surface area contributed by atoms with E-state index in [0.29, 0.717) is 0 Å². The van der Waals surface area contributed by atoms with Gasteiger partial charge in [-0.3, -0.25) is 0 Å². The van der Waals surface area contributed by atoms with Gasteiger partial charge in [-0.2, -0.15) is 0 Å². The first-order valence-electron chi connectivity index (χ1n) is 30.1. The second-order valence-corrected chi connectivity index (χ2v) is 28.7. The Kier molecular flexibility index (Phi) is 11.3. The molecule has 83 heavy (non-hydrogen) atoms. The van der Waals surface area contributed by atoms with Gasteiger partial charge in [0, 0.05) is 65.5 Å². The highest BCUT2D eigenvalue weighted by atomic mass is 32.1. The summed E-state index contributed by atoms with van der Waals surface area (Å²) in [7, 11) is 0. The molecule has 1 aliphatic carbocycles. The topological polar surface area (TPSA) is 9.72 Å². The van der Waals surface area contributed by atoms with E-state index in [9.17, 15) is 0 Å². The maximum atomic E-state index is 2.81. The zero-order valence-corrected chi connectivity index (χ0v) is 50.8. The van der Waals surface area contributed by atoms with Crippen molar-refractivity contribution in [3.63, 3.8) is 0 Å². The number of nitrogens with zero attached hydrogens (tertiary/aromatic N) is 3. The molecule has 0 N–H and O–H groups in total. The maximum absolute atomic E-state index is 2.81. The lowest BCUT2D eigenvalue weighted by atomic mass is 9.42. The van der Waals surface area contributed by atoms with Crippen molar-refractivity contribution >= 4 is 94.8 Å². The van der Waals surface area contributed by atoms with Crippen molar-refractivity contribution in [3.05, 3.63) is 262 Å². The lowest BCUT2D eigenvalue weighted by Gasteiger charge is -2.52. The highest BCUT2D eigenvalue weighted by Crippen LogP contribution is 2.61. The van der Waals surface area contributed by atoms with E-state index >= 15 is 0 Å². The highest BCUT2D eigenvalue weighted by Gasteiger charge is 2.54. The van der Waals surface area contributed by atoms with Gasteiger partial charge in [0.1, 0.15) is 0 Å². The van der Waals surface area contributed by atoms with E-state index in [-0.39, 0.29) is 28.5 Å². The third-order valence-electron chi connectivity index (χ3n) is 19.6. The molecule has 15 rings (SSSR count). The van der Waals surface area contributed by atoms with Gasteiger partial charge in [-0.25, -0.2) is 0 Å². The molecule has 0 bridgehead atoms. The molecular formula is C78H72BN3S. The lowest BCUT2D eigenvalue weighted by molar-refractivity contribution is 0.332. The molecule has 0 radical (unpaired) electrons. The Morgan fingerprint density at radius 2 is 1.01 bits per heavy atom. The first-order chi connectivity index (χ1) is 39.8. The summed E-state index contributed by atoms with van der Waals surface area (Å²) in [6.45, 7) is 25.9. The fraction of sp³-hybridized carbons (Fsp3) is 0.231. The fourth-order valence-electron chi connectivity index (χ4n) is 15.1. The van der Waals surface area contributed by atoms with Crippen molar-refractivity contribution in [3.8, 4) is 11.1 Å². The van der Waals surface area contributed by atoms with Crippen LogP contribution in [0, 0.1) is 6.92 Å². The van der Waals surface area contributed by atoms with Crippen LogP contribution < -0.4 is 25.5 Å². The molecule has 0 unspecified atom stereocenters. The number of fused-ring (bicyclic) bond motifs is 10. The summed E-state index contributed by atoms with van der Waals surface area (Å²) in [5.74, 6) is 0. The first-order valence-corrected chi connectivity index (χ1v) is 30.9. The summed E-state index contributed by atoms with van der Waals surface area (Å²) in [6.07, 6.45) is 2.31. The van der Waals surface area contributed by atoms with Gasteiger partial charge in [-0.05, 0) is 175 Å². The van der Waals surface area contributed by atoms with Crippen LogP contribution in [0.3, 0.4) is 0 Å². The molecule has 1 aromatic heterocycles. The second-order valence-electron chi connectivity index (χ2n) is 27.6. The molecule has 3 nitrogen and oxygen atoms in total. The normalized spacial score (nSPS) is 16.0. The van der Waals surface area contributed by atoms with Crippen LogP contribution >= 0.6 is 11.3 Å². The van der Waals surface area contributed by atoms with Gasteiger partial charge < -0.3 is 14.6 Å². The largest absolute Gasteiger partial charge is 0.376 e. The van der Waals surface area contributed by atoms with E-state index in [2.05, 4.69) is 303 Å². The minimum atomic E-state index is -0.646. The molecule has 0 spiro atoms. The fourth-order valence-corrected chi connectivity index (χ4v) is 16.2. The number of hydrogen-bond acceptors (Lipinski definition) is 4. The predicted molar refractivity (Wildman–Crippen MR) is 357 cm³/mol. The van der Waals surface area contributed by atoms with Crippen LogP contribution in [0.15, 0.2) is 212 Å². The van der Waals surface area contributed by atoms with E-state index < -0.39 is 5.41 Å². The van der Waals surface area contributed by atoms with Crippen molar-refractivity contribution < 1.29 is 0 Å². The summed E-state index contributed by atoms with van der Waals surface area (Å²) >= 11 is 1.92. The van der Waals surface area contributed by atoms with Crippen molar-refractivity contribution in [2.75, 3.05) is 14.6 Å². The van der Waals surface area contributed by atoms with Gasteiger partial charge >= 0.3 is 6.85 Å². The van der Waals surface area contributed by atoms with Crippen LogP contribution in [0.4, 0.5) is 45.5 Å². The number of hydrogen-bond donors (Lipinski definition) is 0. The predicted octanol–water partition coefficient (Wildman–Crippen LogP) is 20.2. The van der Waals surface area contributed by atoms with Crippen LogP contribution in [0.25, 0.3) is 31.3 Å². The molecule has 0 atom stereocenters. The highest BCUT2D eigenvalue weighted by molar-refractivity contribution is 7.25. The molecule has 408 valence electrons. The lowest BCUT2D eigenvalue weighted by Crippen LogP contribution is -2.63. The molecule has 3 aliphatic heterocycles. The number of para-hydroxylation sites is 2. The number of thiophene rings is 1. The second kappa shape index (κ2) is 18.2. The Morgan fingerprint density at radius 1 is 0.446 bits per heavy atom. The van der Waals surface area contributed by atoms with Crippen LogP contribution in [-0.2, 0) is 27.1 Å². The summed E-state index contributed by atoms with van der Waals surface area (Å²) < 4.78 is 2.62. The Labute approximate surface area is 496 Å². The maximum Gasteiger partial charge on any atom is 0.333 e. The molecule has 10 aromatic carbocycles. The van der Waals surface area contributed by atoms with Crippen molar-refractivity contribution in [1.82, 2.24) is 0 Å². The van der Waals surface area contributed by atoms with Crippen LogP contribution in [0.5, 0.6) is 0 Å². The zero-order valence-electron chi connectivity index (χ0n) is 49.9. The van der Waals surface area contributed by atoms with Gasteiger partial charge in [0.25, 0.3) is 0 Å². The van der Waals surface area contributed by atoms with Gasteiger partial charge in [0.2, 0.25) is 0 Å². The van der Waals surface area contributed by atoms with Crippen molar-refractivity contribution in [2.45, 2.75) is 116 Å². The summed E-state index contributed by atoms with van der Waals surface area (Å²) in [4.78, 5) is 8.04. The summed E-state index contributed by atoms with van der Waals surface area (Å²) in [5.41, 5.74) is 26.1. The Hall–Kier alpha value is -8.12. The zero-order chi connectivity index (χ0) is 57.1. The Bertz CT molecular complexity index is 4330. The molecule has 0 saturated heterocycles. The summed E-state index contributed by atoms with van der Waals surface area (Å²) in [5, 5.41) is 2.61. The average Bonchev–Trinajstić information content (AvgIpc) is 0.854. The van der Waals surface area contributed by atoms with E-state index in [1.165, 1.54) is 127 Å². The molecular weight excluding hydrogens is 1020 g/mol. The average molecular weight is 1090 g/mol. The van der Waals surface area contributed by atoms with E-state index in [0.717, 1.165) is 23.5 Å². The summed E-state index contributed by atoms with van der Waals surface area (Å²) in [6, 6.07) is 82.6. The number of aryl methyl sites for hydroxylation is 1. The van der Waals surface area contributed by atoms with Crippen molar-refractivity contribution in [1.29, 1.82) is 0 Å². The SMILES string of the molecule is Cc1cc2c(cc1N1B3c4cccc5c4N(c4ccccc4C5(c4ccccc4)c4ccccc4)c4cc(N(c5ccc(C(C)(C)C)cc5)c5ccc(C(C)(C)C)cc5)cc(c43)-c3cc4c(cc31)sc1ccccc14)C(C)(C)CCC2(C)C. The van der Waals surface area contributed by atoms with E-state index in [1.54, 1.807) is 0 Å². The number of benzene rings is 10. The Morgan fingerprint density at radius 3 is 1.64 bits per heavy atom. The van der Waals surface area contributed by atoms with Crippen LogP contribution in [0.2, 0.25) is 0 Å². The van der Waals surface area contributed by atoms with E-state index in [4.69, 9.17) is 0 Å². The number of rotatable bonds is 6. The third kappa shape index (κ3) is 7.69. The Balaban J connectivity index is 1.11. The third-order valence-corrected chi connectivity index (χ3v) is 20.7. The first kappa shape index (κ1) is 51.7. The van der Waals surface area contributed by atoms with Gasteiger partial charge in [-0.1, -0.05) is 215 Å². The molecule has 0 saturated carbocycles. The molecule has 4 heterocycles. The quantitative estimate of drug-likeness (QED) is 0.154. The van der Waals surface area contributed by atoms with Crippen molar-refractivity contribution in [2.24, 2.45) is 0 Å². The van der Waals surface area contributed by atoms with E-state index in [1.807, 2.05) is 11.3 Å². The molecule has 0 fully saturated rings. The minimum Gasteiger partial charge on any atom is -0.376 e. The molecule has 5 heteroatoms. The number of anilines is 8.